The summed E-state index contributed by atoms with van der Waals surface area (Å²) in [5.74, 6) is -9.58. The molecule has 0 aromatic rings. The number of hydrogen-bond donors (Lipinski definition) is 1. The van der Waals surface area contributed by atoms with Crippen LogP contribution in [0.5, 0.6) is 0 Å². The van der Waals surface area contributed by atoms with E-state index in [1.165, 1.54) is 0 Å². The summed E-state index contributed by atoms with van der Waals surface area (Å²) in [4.78, 5) is 124. The zero-order valence-electron chi connectivity index (χ0n) is 36.4. The van der Waals surface area contributed by atoms with Gasteiger partial charge in [-0.15, -0.1) is 0 Å². The van der Waals surface area contributed by atoms with Gasteiger partial charge in [-0.25, -0.2) is 0 Å². The van der Waals surface area contributed by atoms with Gasteiger partial charge in [-0.2, -0.15) is 0 Å². The highest BCUT2D eigenvalue weighted by Gasteiger charge is 2.60. The maximum absolute atomic E-state index is 12.9. The zero-order valence-corrected chi connectivity index (χ0v) is 36.4. The molecule has 1 N–H and O–H groups in total. The standard InChI is InChI=1S/C38H52O26/c1-14(39)50-11-24-27(53-17(4)42)30(56-20(7)45)33(36(49)60-24)64-38-35(59-23(10)48)32(29(55-19(6)44)26(62-38)13-52-16(3)41)63-37-34(58-22(9)47)31(57-21(8)46)28(54-18(5)43)25(61-37)12-51-15(2)40/h24-38,49H,11-13H2,1-10H3/t24?,25?,26?,27-,28-,29-,30-,31-,32-,33?,34?,35?,36+,37-,38-/m0/s1. The smallest absolute Gasteiger partial charge is 0.303 e. The minimum atomic E-state index is -2.16. The van der Waals surface area contributed by atoms with E-state index in [4.69, 9.17) is 71.1 Å². The van der Waals surface area contributed by atoms with Crippen molar-refractivity contribution >= 4 is 59.7 Å². The molecule has 0 bridgehead atoms. The van der Waals surface area contributed by atoms with Gasteiger partial charge in [0, 0.05) is 69.2 Å². The van der Waals surface area contributed by atoms with Crippen LogP contribution in [-0.2, 0) is 119 Å². The van der Waals surface area contributed by atoms with E-state index in [-0.39, 0.29) is 0 Å². The molecule has 26 nitrogen and oxygen atoms in total. The summed E-state index contributed by atoms with van der Waals surface area (Å²) in [6.45, 7) is 7.73. The lowest BCUT2D eigenvalue weighted by Crippen LogP contribution is -2.69. The summed E-state index contributed by atoms with van der Waals surface area (Å²) >= 11 is 0. The fourth-order valence-corrected chi connectivity index (χ4v) is 6.77. The fourth-order valence-electron chi connectivity index (χ4n) is 6.77. The molecule has 3 saturated heterocycles. The van der Waals surface area contributed by atoms with E-state index in [0.29, 0.717) is 0 Å². The van der Waals surface area contributed by atoms with Gasteiger partial charge in [0.05, 0.1) is 0 Å². The van der Waals surface area contributed by atoms with Crippen LogP contribution in [-0.4, -0.2) is 177 Å². The molecule has 3 aliphatic heterocycles. The second kappa shape index (κ2) is 23.9. The Kier molecular flexibility index (Phi) is 19.8. The van der Waals surface area contributed by atoms with Crippen LogP contribution in [0.25, 0.3) is 0 Å². The molecule has 64 heavy (non-hydrogen) atoms. The Morgan fingerprint density at radius 2 is 0.578 bits per heavy atom. The normalized spacial score (nSPS) is 32.3. The van der Waals surface area contributed by atoms with Crippen molar-refractivity contribution in [2.75, 3.05) is 19.8 Å². The van der Waals surface area contributed by atoms with Crippen LogP contribution in [0, 0.1) is 0 Å². The average molecular weight is 925 g/mol. The summed E-state index contributed by atoms with van der Waals surface area (Å²) in [7, 11) is 0. The first-order valence-electron chi connectivity index (χ1n) is 19.4. The van der Waals surface area contributed by atoms with Gasteiger partial charge in [0.15, 0.2) is 67.7 Å². The van der Waals surface area contributed by atoms with E-state index in [1.807, 2.05) is 0 Å². The zero-order chi connectivity index (χ0) is 48.2. The van der Waals surface area contributed by atoms with Crippen molar-refractivity contribution in [1.82, 2.24) is 0 Å². The van der Waals surface area contributed by atoms with Crippen molar-refractivity contribution in [2.24, 2.45) is 0 Å². The monoisotopic (exact) mass is 924 g/mol. The number of hydrogen-bond acceptors (Lipinski definition) is 26. The molecular weight excluding hydrogens is 872 g/mol. The summed E-state index contributed by atoms with van der Waals surface area (Å²) in [6.07, 6.45) is -27.6. The molecule has 3 rings (SSSR count). The second-order valence-electron chi connectivity index (χ2n) is 14.3. The van der Waals surface area contributed by atoms with Gasteiger partial charge in [0.2, 0.25) is 0 Å². The summed E-state index contributed by atoms with van der Waals surface area (Å²) in [5.41, 5.74) is 0. The van der Waals surface area contributed by atoms with Crippen molar-refractivity contribution in [3.63, 3.8) is 0 Å². The third-order valence-electron chi connectivity index (χ3n) is 8.84. The largest absolute Gasteiger partial charge is 0.463 e. The molecule has 0 aliphatic carbocycles. The van der Waals surface area contributed by atoms with Gasteiger partial charge >= 0.3 is 59.7 Å². The molecule has 0 aromatic carbocycles. The van der Waals surface area contributed by atoms with Gasteiger partial charge in [-0.1, -0.05) is 0 Å². The molecule has 0 amide bonds. The highest BCUT2D eigenvalue weighted by Crippen LogP contribution is 2.38. The molecule has 3 heterocycles. The van der Waals surface area contributed by atoms with Crippen molar-refractivity contribution in [3.05, 3.63) is 0 Å². The lowest BCUT2D eigenvalue weighted by molar-refractivity contribution is -0.383. The molecule has 26 heteroatoms. The SMILES string of the molecule is CC(=O)OCC1O[C@@H](O[C@@H]2C(OC(C)=O)[C@H](OC3[C@H](O)OC(COC(C)=O)[C@H](OC(C)=O)[C@@H]3OC(C)=O)OC(COC(C)=O)[C@@H]2OC(C)=O)C(OC(C)=O)[C@@H](OC(C)=O)[C@H]1OC(C)=O. The van der Waals surface area contributed by atoms with E-state index in [0.717, 1.165) is 69.2 Å². The first-order chi connectivity index (χ1) is 29.9. The molecule has 15 atom stereocenters. The maximum Gasteiger partial charge on any atom is 0.303 e. The van der Waals surface area contributed by atoms with Crippen LogP contribution < -0.4 is 0 Å². The highest BCUT2D eigenvalue weighted by atomic mass is 16.8. The Morgan fingerprint density at radius 3 is 0.906 bits per heavy atom. The molecule has 3 fully saturated rings. The first-order valence-corrected chi connectivity index (χ1v) is 19.4. The Bertz CT molecular complexity index is 1730. The Hall–Kier alpha value is -5.54. The Labute approximate surface area is 364 Å². The van der Waals surface area contributed by atoms with E-state index < -0.39 is 172 Å². The molecule has 3 aliphatic rings. The summed E-state index contributed by atoms with van der Waals surface area (Å²) < 4.78 is 84.1. The number of esters is 10. The number of aliphatic hydroxyl groups excluding tert-OH is 1. The minimum absolute atomic E-state index is 0.634. The van der Waals surface area contributed by atoms with Gasteiger partial charge in [-0.3, -0.25) is 47.9 Å². The number of carbonyl (C=O) groups excluding carboxylic acids is 10. The number of ether oxygens (including phenoxy) is 15. The van der Waals surface area contributed by atoms with Crippen LogP contribution in [0.2, 0.25) is 0 Å². The predicted octanol–water partition coefficient (Wildman–Crippen LogP) is -1.86. The Morgan fingerprint density at radius 1 is 0.328 bits per heavy atom. The maximum atomic E-state index is 12.9. The van der Waals surface area contributed by atoms with E-state index in [9.17, 15) is 53.1 Å². The van der Waals surface area contributed by atoms with Crippen LogP contribution in [0.4, 0.5) is 0 Å². The molecular formula is C38H52O26. The molecule has 6 unspecified atom stereocenters. The second-order valence-corrected chi connectivity index (χ2v) is 14.3. The van der Waals surface area contributed by atoms with Crippen molar-refractivity contribution in [2.45, 2.75) is 161 Å². The van der Waals surface area contributed by atoms with Crippen LogP contribution in [0.1, 0.15) is 69.2 Å². The van der Waals surface area contributed by atoms with Crippen molar-refractivity contribution in [3.8, 4) is 0 Å². The first kappa shape index (κ1) is 52.8. The number of aliphatic hydroxyl groups is 1. The van der Waals surface area contributed by atoms with Gasteiger partial charge in [0.1, 0.15) is 44.2 Å². The van der Waals surface area contributed by atoms with E-state index in [1.54, 1.807) is 0 Å². The van der Waals surface area contributed by atoms with Gasteiger partial charge < -0.3 is 76.2 Å². The van der Waals surface area contributed by atoms with Crippen molar-refractivity contribution in [1.29, 1.82) is 0 Å². The van der Waals surface area contributed by atoms with Crippen LogP contribution >= 0.6 is 0 Å². The number of carbonyl (C=O) groups is 10. The third kappa shape index (κ3) is 15.6. The van der Waals surface area contributed by atoms with E-state index >= 15 is 0 Å². The lowest BCUT2D eigenvalue weighted by atomic mass is 9.95. The Balaban J connectivity index is 2.29. The van der Waals surface area contributed by atoms with E-state index in [2.05, 4.69) is 0 Å². The minimum Gasteiger partial charge on any atom is -0.463 e. The van der Waals surface area contributed by atoms with Gasteiger partial charge in [-0.05, 0) is 0 Å². The van der Waals surface area contributed by atoms with Gasteiger partial charge in [0.25, 0.3) is 0 Å². The summed E-state index contributed by atoms with van der Waals surface area (Å²) in [5, 5.41) is 11.4. The fraction of sp³-hybridized carbons (Fsp3) is 0.737. The quantitative estimate of drug-likeness (QED) is 0.123. The van der Waals surface area contributed by atoms with Crippen molar-refractivity contribution < 1.29 is 124 Å². The molecule has 0 aromatic heterocycles. The third-order valence-corrected chi connectivity index (χ3v) is 8.84. The molecule has 0 spiro atoms. The van der Waals surface area contributed by atoms with Crippen LogP contribution in [0.3, 0.4) is 0 Å². The number of rotatable bonds is 17. The molecule has 0 saturated carbocycles. The topological polar surface area (TPSA) is 329 Å². The average Bonchev–Trinajstić information content (AvgIpc) is 3.14. The molecule has 0 radical (unpaired) electrons. The highest BCUT2D eigenvalue weighted by molar-refractivity contribution is 5.70. The molecule has 360 valence electrons. The van der Waals surface area contributed by atoms with Crippen LogP contribution in [0.15, 0.2) is 0 Å². The summed E-state index contributed by atoms with van der Waals surface area (Å²) in [6, 6.07) is 0. The lowest BCUT2D eigenvalue weighted by Gasteiger charge is -2.50. The predicted molar refractivity (Wildman–Crippen MR) is 197 cm³/mol.